The van der Waals surface area contributed by atoms with Crippen molar-refractivity contribution in [1.82, 2.24) is 19.8 Å². The van der Waals surface area contributed by atoms with Gasteiger partial charge < -0.3 is 14.5 Å². The highest BCUT2D eigenvalue weighted by molar-refractivity contribution is 7.09. The van der Waals surface area contributed by atoms with Gasteiger partial charge in [0.05, 0.1) is 23.6 Å². The number of carbonyl (C=O) groups is 2. The highest BCUT2D eigenvalue weighted by Crippen LogP contribution is 2.27. The number of hydrogen-bond donors (Lipinski definition) is 0. The summed E-state index contributed by atoms with van der Waals surface area (Å²) in [5, 5.41) is 2.67. The number of nitrogens with zero attached hydrogens (tertiary/aromatic N) is 4. The van der Waals surface area contributed by atoms with Crippen molar-refractivity contribution in [2.24, 2.45) is 5.92 Å². The van der Waals surface area contributed by atoms with Crippen LogP contribution in [0.15, 0.2) is 29.9 Å². The lowest BCUT2D eigenvalue weighted by Gasteiger charge is -2.36. The topological polar surface area (TPSA) is 75.6 Å². The third-order valence-corrected chi connectivity index (χ3v) is 5.90. The van der Waals surface area contributed by atoms with Crippen LogP contribution in [0.25, 0.3) is 0 Å². The molecule has 0 saturated carbocycles. The van der Waals surface area contributed by atoms with E-state index in [1.807, 2.05) is 24.0 Å². The Hall–Kier alpha value is -2.32. The zero-order chi connectivity index (χ0) is 18.8. The number of rotatable bonds is 3. The molecule has 4 heterocycles. The number of pyridine rings is 1. The first-order valence-corrected chi connectivity index (χ1v) is 10.0. The fraction of sp³-hybridized carbons (Fsp3) is 0.474. The Morgan fingerprint density at radius 2 is 2.15 bits per heavy atom. The molecule has 0 aliphatic carbocycles. The summed E-state index contributed by atoms with van der Waals surface area (Å²) in [6, 6.07) is 3.85. The molecule has 2 amide bonds. The average Bonchev–Trinajstić information content (AvgIpc) is 3.06. The highest BCUT2D eigenvalue weighted by atomic mass is 32.1. The van der Waals surface area contributed by atoms with Crippen LogP contribution in [0.4, 0.5) is 0 Å². The van der Waals surface area contributed by atoms with E-state index in [0.717, 1.165) is 10.6 Å². The molecule has 0 aromatic carbocycles. The predicted molar refractivity (Wildman–Crippen MR) is 100 cm³/mol. The summed E-state index contributed by atoms with van der Waals surface area (Å²) in [6.45, 7) is 4.49. The fourth-order valence-corrected chi connectivity index (χ4v) is 4.29. The van der Waals surface area contributed by atoms with Gasteiger partial charge in [-0.3, -0.25) is 14.6 Å². The molecule has 2 aliphatic heterocycles. The lowest BCUT2D eigenvalue weighted by atomic mass is 9.92. The largest absolute Gasteiger partial charge is 0.374 e. The summed E-state index contributed by atoms with van der Waals surface area (Å²) in [5.41, 5.74) is 1.54. The summed E-state index contributed by atoms with van der Waals surface area (Å²) < 4.78 is 5.98. The Labute approximate surface area is 162 Å². The minimum Gasteiger partial charge on any atom is -0.374 e. The first-order valence-electron chi connectivity index (χ1n) is 9.12. The second-order valence-electron chi connectivity index (χ2n) is 6.92. The second kappa shape index (κ2) is 7.74. The minimum atomic E-state index is -0.252. The van der Waals surface area contributed by atoms with E-state index in [0.29, 0.717) is 44.9 Å². The maximum absolute atomic E-state index is 13.1. The third-order valence-electron chi connectivity index (χ3n) is 5.13. The van der Waals surface area contributed by atoms with Crippen LogP contribution in [0, 0.1) is 12.8 Å². The summed E-state index contributed by atoms with van der Waals surface area (Å²) in [7, 11) is 0. The molecule has 8 heteroatoms. The molecule has 0 spiro atoms. The molecular formula is C19H22N4O3S. The van der Waals surface area contributed by atoms with Crippen LogP contribution in [-0.2, 0) is 16.1 Å². The number of piperidine rings is 1. The Balaban J connectivity index is 1.44. The van der Waals surface area contributed by atoms with Gasteiger partial charge in [-0.15, -0.1) is 11.3 Å². The molecule has 0 N–H and O–H groups in total. The van der Waals surface area contributed by atoms with Gasteiger partial charge in [0.15, 0.2) is 0 Å². The van der Waals surface area contributed by atoms with Crippen LogP contribution >= 0.6 is 11.3 Å². The van der Waals surface area contributed by atoms with Crippen molar-refractivity contribution in [3.8, 4) is 0 Å². The second-order valence-corrected chi connectivity index (χ2v) is 7.98. The molecule has 0 unspecified atom stereocenters. The van der Waals surface area contributed by atoms with Crippen LogP contribution in [0.1, 0.15) is 27.5 Å². The summed E-state index contributed by atoms with van der Waals surface area (Å²) in [4.78, 5) is 37.7. The number of thiazole rings is 1. The quantitative estimate of drug-likeness (QED) is 0.803. The monoisotopic (exact) mass is 386 g/mol. The van der Waals surface area contributed by atoms with Gasteiger partial charge in [0.1, 0.15) is 5.69 Å². The number of hydrogen-bond acceptors (Lipinski definition) is 6. The lowest BCUT2D eigenvalue weighted by molar-refractivity contribution is -0.139. The maximum atomic E-state index is 13.1. The van der Waals surface area contributed by atoms with Gasteiger partial charge in [0, 0.05) is 44.0 Å². The van der Waals surface area contributed by atoms with E-state index in [1.165, 1.54) is 11.3 Å². The molecule has 7 nitrogen and oxygen atoms in total. The van der Waals surface area contributed by atoms with Crippen LogP contribution in [0.5, 0.6) is 0 Å². The van der Waals surface area contributed by atoms with Gasteiger partial charge in [-0.25, -0.2) is 4.98 Å². The van der Waals surface area contributed by atoms with Crippen LogP contribution in [0.3, 0.4) is 0 Å². The van der Waals surface area contributed by atoms with Gasteiger partial charge in [-0.05, 0) is 31.0 Å². The number of ether oxygens (including phenoxy) is 1. The normalized spacial score (nSPS) is 23.1. The van der Waals surface area contributed by atoms with Crippen LogP contribution < -0.4 is 0 Å². The van der Waals surface area contributed by atoms with Crippen molar-refractivity contribution in [3.63, 3.8) is 0 Å². The van der Waals surface area contributed by atoms with E-state index >= 15 is 0 Å². The summed E-state index contributed by atoms with van der Waals surface area (Å²) >= 11 is 1.47. The lowest BCUT2D eigenvalue weighted by Crippen LogP contribution is -2.51. The first kappa shape index (κ1) is 18.1. The molecular weight excluding hydrogens is 364 g/mol. The van der Waals surface area contributed by atoms with Crippen LogP contribution in [0.2, 0.25) is 0 Å². The number of aromatic nitrogens is 2. The Morgan fingerprint density at radius 3 is 2.89 bits per heavy atom. The standard InChI is InChI=1S/C19H22N4O3S/c1-13-21-16(12-27-13)19(25)22-7-4-15-17(11-22)26-9-8-23(18(15)24)10-14-2-5-20-6-3-14/h2-3,5-6,12,15,17H,4,7-11H2,1H3/t15-,17+/m1/s1. The van der Waals surface area contributed by atoms with Crippen molar-refractivity contribution in [3.05, 3.63) is 46.2 Å². The average molecular weight is 386 g/mol. The number of fused-ring (bicyclic) bond motifs is 1. The number of amides is 2. The number of carbonyl (C=O) groups excluding carboxylic acids is 2. The van der Waals surface area contributed by atoms with Crippen molar-refractivity contribution in [2.45, 2.75) is 26.0 Å². The molecule has 2 aromatic rings. The molecule has 142 valence electrons. The van der Waals surface area contributed by atoms with Gasteiger partial charge in [-0.2, -0.15) is 0 Å². The van der Waals surface area contributed by atoms with Crippen molar-refractivity contribution >= 4 is 23.2 Å². The van der Waals surface area contributed by atoms with Gasteiger partial charge in [0.25, 0.3) is 5.91 Å². The number of likely N-dealkylation sites (tertiary alicyclic amines) is 1. The molecule has 0 radical (unpaired) electrons. The summed E-state index contributed by atoms with van der Waals surface area (Å²) in [6.07, 6.45) is 3.84. The van der Waals surface area contributed by atoms with Crippen LogP contribution in [-0.4, -0.2) is 63.9 Å². The number of aryl methyl sites for hydroxylation is 1. The fourth-order valence-electron chi connectivity index (χ4n) is 3.70. The molecule has 27 heavy (non-hydrogen) atoms. The van der Waals surface area contributed by atoms with E-state index in [2.05, 4.69) is 9.97 Å². The van der Waals surface area contributed by atoms with E-state index in [1.54, 1.807) is 22.7 Å². The van der Waals surface area contributed by atoms with Gasteiger partial charge in [0.2, 0.25) is 5.91 Å². The molecule has 2 atom stereocenters. The SMILES string of the molecule is Cc1nc(C(=O)N2CC[C@H]3C(=O)N(Cc4ccncc4)CCO[C@H]3C2)cs1. The van der Waals surface area contributed by atoms with Crippen molar-refractivity contribution < 1.29 is 14.3 Å². The minimum absolute atomic E-state index is 0.0771. The van der Waals surface area contributed by atoms with E-state index < -0.39 is 0 Å². The van der Waals surface area contributed by atoms with E-state index in [4.69, 9.17) is 4.74 Å². The Morgan fingerprint density at radius 1 is 1.33 bits per heavy atom. The molecule has 2 saturated heterocycles. The van der Waals surface area contributed by atoms with Gasteiger partial charge in [-0.1, -0.05) is 0 Å². The van der Waals surface area contributed by atoms with Crippen molar-refractivity contribution in [1.29, 1.82) is 0 Å². The molecule has 2 aliphatic rings. The highest BCUT2D eigenvalue weighted by Gasteiger charge is 2.40. The molecule has 0 bridgehead atoms. The molecule has 4 rings (SSSR count). The van der Waals surface area contributed by atoms with Crippen molar-refractivity contribution in [2.75, 3.05) is 26.2 Å². The zero-order valence-corrected chi connectivity index (χ0v) is 16.0. The Kier molecular flexibility index (Phi) is 5.18. The molecule has 2 fully saturated rings. The van der Waals surface area contributed by atoms with E-state index in [9.17, 15) is 9.59 Å². The zero-order valence-electron chi connectivity index (χ0n) is 15.2. The van der Waals surface area contributed by atoms with E-state index in [-0.39, 0.29) is 23.8 Å². The first-order chi connectivity index (χ1) is 13.1. The smallest absolute Gasteiger partial charge is 0.273 e. The predicted octanol–water partition coefficient (Wildman–Crippen LogP) is 1.74. The maximum Gasteiger partial charge on any atom is 0.273 e. The Bertz CT molecular complexity index is 825. The molecule has 2 aromatic heterocycles. The third kappa shape index (κ3) is 3.86. The van der Waals surface area contributed by atoms with Gasteiger partial charge >= 0.3 is 0 Å². The summed E-state index contributed by atoms with van der Waals surface area (Å²) in [5.74, 6) is -0.159.